The summed E-state index contributed by atoms with van der Waals surface area (Å²) >= 11 is 0. The standard InChI is InChI=1S/C16H28O2/c1-3-5-6-7-8-9-10-11-15(17)14-12-13-18-16(14)4-2/h12-13,15,17H,3-11H2,1-2H3. The zero-order chi connectivity index (χ0) is 13.2. The summed E-state index contributed by atoms with van der Waals surface area (Å²) in [4.78, 5) is 0. The molecule has 1 rings (SSSR count). The van der Waals surface area contributed by atoms with Crippen LogP contribution in [0, 0.1) is 0 Å². The van der Waals surface area contributed by atoms with Crippen LogP contribution in [0.1, 0.15) is 82.6 Å². The number of hydrogen-bond donors (Lipinski definition) is 1. The topological polar surface area (TPSA) is 33.4 Å². The molecule has 0 aromatic carbocycles. The van der Waals surface area contributed by atoms with Crippen molar-refractivity contribution in [3.05, 3.63) is 23.7 Å². The summed E-state index contributed by atoms with van der Waals surface area (Å²) in [5, 5.41) is 10.1. The minimum Gasteiger partial charge on any atom is -0.469 e. The fourth-order valence-electron chi connectivity index (χ4n) is 2.39. The maximum Gasteiger partial charge on any atom is 0.109 e. The summed E-state index contributed by atoms with van der Waals surface area (Å²) in [5.74, 6) is 0.936. The lowest BCUT2D eigenvalue weighted by molar-refractivity contribution is 0.161. The lowest BCUT2D eigenvalue weighted by atomic mass is 10.0. The van der Waals surface area contributed by atoms with E-state index in [2.05, 4.69) is 13.8 Å². The van der Waals surface area contributed by atoms with Gasteiger partial charge in [0.1, 0.15) is 5.76 Å². The van der Waals surface area contributed by atoms with E-state index in [1.54, 1.807) is 6.26 Å². The van der Waals surface area contributed by atoms with Crippen LogP contribution in [0.3, 0.4) is 0 Å². The molecule has 2 heteroatoms. The fourth-order valence-corrected chi connectivity index (χ4v) is 2.39. The highest BCUT2D eigenvalue weighted by atomic mass is 16.3. The first-order valence-corrected chi connectivity index (χ1v) is 7.53. The van der Waals surface area contributed by atoms with E-state index in [-0.39, 0.29) is 6.10 Å². The van der Waals surface area contributed by atoms with Gasteiger partial charge in [-0.2, -0.15) is 0 Å². The van der Waals surface area contributed by atoms with Gasteiger partial charge in [0, 0.05) is 12.0 Å². The van der Waals surface area contributed by atoms with E-state index >= 15 is 0 Å². The van der Waals surface area contributed by atoms with Crippen LogP contribution in [0.5, 0.6) is 0 Å². The minimum absolute atomic E-state index is 0.339. The monoisotopic (exact) mass is 252 g/mol. The Balaban J connectivity index is 2.12. The van der Waals surface area contributed by atoms with Gasteiger partial charge >= 0.3 is 0 Å². The molecule has 18 heavy (non-hydrogen) atoms. The predicted molar refractivity (Wildman–Crippen MR) is 75.7 cm³/mol. The molecule has 2 nitrogen and oxygen atoms in total. The molecule has 1 atom stereocenters. The van der Waals surface area contributed by atoms with Crippen molar-refractivity contribution in [1.82, 2.24) is 0 Å². The summed E-state index contributed by atoms with van der Waals surface area (Å²) < 4.78 is 5.35. The third-order valence-electron chi connectivity index (χ3n) is 3.54. The maximum atomic E-state index is 10.1. The van der Waals surface area contributed by atoms with Gasteiger partial charge in [-0.15, -0.1) is 0 Å². The second-order valence-corrected chi connectivity index (χ2v) is 5.08. The van der Waals surface area contributed by atoms with Crippen LogP contribution < -0.4 is 0 Å². The van der Waals surface area contributed by atoms with E-state index in [9.17, 15) is 5.11 Å². The van der Waals surface area contributed by atoms with Crippen molar-refractivity contribution in [1.29, 1.82) is 0 Å². The average molecular weight is 252 g/mol. The van der Waals surface area contributed by atoms with Gasteiger partial charge in [-0.3, -0.25) is 0 Å². The summed E-state index contributed by atoms with van der Waals surface area (Å²) in [5.41, 5.74) is 0.989. The SMILES string of the molecule is CCCCCCCCCC(O)c1ccoc1CC. The number of unbranched alkanes of at least 4 members (excludes halogenated alkanes) is 6. The van der Waals surface area contributed by atoms with Crippen molar-refractivity contribution >= 4 is 0 Å². The minimum atomic E-state index is -0.339. The van der Waals surface area contributed by atoms with E-state index in [0.29, 0.717) is 0 Å². The summed E-state index contributed by atoms with van der Waals surface area (Å²) in [6.45, 7) is 4.30. The fraction of sp³-hybridized carbons (Fsp3) is 0.750. The molecule has 0 fully saturated rings. The third-order valence-corrected chi connectivity index (χ3v) is 3.54. The van der Waals surface area contributed by atoms with Crippen LogP contribution in [0.25, 0.3) is 0 Å². The third kappa shape index (κ3) is 5.26. The quantitative estimate of drug-likeness (QED) is 0.593. The maximum absolute atomic E-state index is 10.1. The van der Waals surface area contributed by atoms with Gasteiger partial charge < -0.3 is 9.52 Å². The Morgan fingerprint density at radius 3 is 2.39 bits per heavy atom. The van der Waals surface area contributed by atoms with E-state index < -0.39 is 0 Å². The van der Waals surface area contributed by atoms with Gasteiger partial charge in [0.15, 0.2) is 0 Å². The van der Waals surface area contributed by atoms with Gasteiger partial charge in [-0.25, -0.2) is 0 Å². The Kier molecular flexibility index (Phi) is 7.83. The highest BCUT2D eigenvalue weighted by Gasteiger charge is 2.13. The first-order chi connectivity index (χ1) is 8.79. The van der Waals surface area contributed by atoms with Crippen molar-refractivity contribution < 1.29 is 9.52 Å². The molecule has 0 saturated heterocycles. The molecule has 0 aliphatic carbocycles. The zero-order valence-corrected chi connectivity index (χ0v) is 12.0. The average Bonchev–Trinajstić information content (AvgIpc) is 2.85. The molecule has 1 heterocycles. The molecular formula is C16H28O2. The Morgan fingerprint density at radius 1 is 1.06 bits per heavy atom. The highest BCUT2D eigenvalue weighted by molar-refractivity contribution is 5.19. The molecule has 0 bridgehead atoms. The molecule has 104 valence electrons. The van der Waals surface area contributed by atoms with Crippen molar-refractivity contribution in [2.75, 3.05) is 0 Å². The molecular weight excluding hydrogens is 224 g/mol. The van der Waals surface area contributed by atoms with Crippen LogP contribution in [-0.4, -0.2) is 5.11 Å². The van der Waals surface area contributed by atoms with Gasteiger partial charge in [0.25, 0.3) is 0 Å². The van der Waals surface area contributed by atoms with Crippen LogP contribution in [-0.2, 0) is 6.42 Å². The Bertz CT molecular complexity index is 304. The molecule has 0 saturated carbocycles. The molecule has 0 aliphatic rings. The van der Waals surface area contributed by atoms with Crippen molar-refractivity contribution in [2.45, 2.75) is 77.7 Å². The largest absolute Gasteiger partial charge is 0.469 e. The number of aryl methyl sites for hydroxylation is 1. The first-order valence-electron chi connectivity index (χ1n) is 7.53. The second kappa shape index (κ2) is 9.21. The summed E-state index contributed by atoms with van der Waals surface area (Å²) in [6.07, 6.45) is 12.1. The van der Waals surface area contributed by atoms with Crippen LogP contribution in [0.15, 0.2) is 16.7 Å². The van der Waals surface area contributed by atoms with Gasteiger partial charge in [-0.1, -0.05) is 58.8 Å². The molecule has 0 radical (unpaired) electrons. The molecule has 1 aromatic heterocycles. The Morgan fingerprint density at radius 2 is 1.72 bits per heavy atom. The predicted octanol–water partition coefficient (Wildman–Crippen LogP) is 5.02. The van der Waals surface area contributed by atoms with Crippen molar-refractivity contribution in [3.8, 4) is 0 Å². The van der Waals surface area contributed by atoms with Gasteiger partial charge in [0.2, 0.25) is 0 Å². The zero-order valence-electron chi connectivity index (χ0n) is 12.0. The van der Waals surface area contributed by atoms with Crippen molar-refractivity contribution in [3.63, 3.8) is 0 Å². The first kappa shape index (κ1) is 15.3. The summed E-state index contributed by atoms with van der Waals surface area (Å²) in [6, 6.07) is 1.91. The molecule has 0 amide bonds. The van der Waals surface area contributed by atoms with Crippen molar-refractivity contribution in [2.24, 2.45) is 0 Å². The lowest BCUT2D eigenvalue weighted by Gasteiger charge is -2.10. The van der Waals surface area contributed by atoms with Gasteiger partial charge in [0.05, 0.1) is 12.4 Å². The molecule has 1 N–H and O–H groups in total. The van der Waals surface area contributed by atoms with Crippen LogP contribution in [0.2, 0.25) is 0 Å². The molecule has 0 spiro atoms. The number of hydrogen-bond acceptors (Lipinski definition) is 2. The summed E-state index contributed by atoms with van der Waals surface area (Å²) in [7, 11) is 0. The molecule has 0 aliphatic heterocycles. The van der Waals surface area contributed by atoms with E-state index in [1.165, 1.54) is 38.5 Å². The van der Waals surface area contributed by atoms with Crippen LogP contribution >= 0.6 is 0 Å². The number of aliphatic hydroxyl groups excluding tert-OH is 1. The normalized spacial score (nSPS) is 12.8. The molecule has 1 aromatic rings. The lowest BCUT2D eigenvalue weighted by Crippen LogP contribution is -1.99. The van der Waals surface area contributed by atoms with E-state index in [0.717, 1.165) is 30.6 Å². The Hall–Kier alpha value is -0.760. The second-order valence-electron chi connectivity index (χ2n) is 5.08. The smallest absolute Gasteiger partial charge is 0.109 e. The number of furan rings is 1. The van der Waals surface area contributed by atoms with Gasteiger partial charge in [-0.05, 0) is 12.5 Å². The van der Waals surface area contributed by atoms with Crippen LogP contribution in [0.4, 0.5) is 0 Å². The number of rotatable bonds is 10. The van der Waals surface area contributed by atoms with E-state index in [4.69, 9.17) is 4.42 Å². The highest BCUT2D eigenvalue weighted by Crippen LogP contribution is 2.24. The Labute approximate surface area is 111 Å². The molecule has 1 unspecified atom stereocenters. The van der Waals surface area contributed by atoms with E-state index in [1.807, 2.05) is 6.07 Å². The number of aliphatic hydroxyl groups is 1.